The van der Waals surface area contributed by atoms with E-state index in [-0.39, 0.29) is 0 Å². The molecule has 3 aromatic carbocycles. The van der Waals surface area contributed by atoms with Gasteiger partial charge < -0.3 is 5.32 Å². The first-order chi connectivity index (χ1) is 14.8. The Bertz CT molecular complexity index is 1090. The number of rotatable bonds is 6. The summed E-state index contributed by atoms with van der Waals surface area (Å²) in [6.45, 7) is 13.2. The summed E-state index contributed by atoms with van der Waals surface area (Å²) < 4.78 is 0. The Kier molecular flexibility index (Phi) is 7.12. The Balaban J connectivity index is 2.09. The van der Waals surface area contributed by atoms with E-state index in [9.17, 15) is 0 Å². The molecule has 0 unspecified atom stereocenters. The van der Waals surface area contributed by atoms with Gasteiger partial charge in [-0.1, -0.05) is 73.5 Å². The van der Waals surface area contributed by atoms with Gasteiger partial charge in [0.1, 0.15) is 0 Å². The fourth-order valence-corrected chi connectivity index (χ4v) is 4.29. The molecule has 1 N–H and O–H groups in total. The number of aliphatic imine (C=N–C) groups is 1. The number of benzene rings is 3. The van der Waals surface area contributed by atoms with E-state index < -0.39 is 0 Å². The summed E-state index contributed by atoms with van der Waals surface area (Å²) in [5.41, 5.74) is 12.4. The summed E-state index contributed by atoms with van der Waals surface area (Å²) in [7, 11) is 1.80. The Morgan fingerprint density at radius 2 is 1.42 bits per heavy atom. The maximum absolute atomic E-state index is 4.20. The lowest BCUT2D eigenvalue weighted by Gasteiger charge is -2.20. The van der Waals surface area contributed by atoms with Gasteiger partial charge in [0.2, 0.25) is 0 Å². The van der Waals surface area contributed by atoms with Crippen molar-refractivity contribution in [3.63, 3.8) is 0 Å². The van der Waals surface area contributed by atoms with Crippen LogP contribution < -0.4 is 5.32 Å². The van der Waals surface area contributed by atoms with Gasteiger partial charge in [0.25, 0.3) is 0 Å². The zero-order valence-electron chi connectivity index (χ0n) is 19.9. The third-order valence-electron chi connectivity index (χ3n) is 5.60. The van der Waals surface area contributed by atoms with Gasteiger partial charge in [-0.15, -0.1) is 0 Å². The molecule has 2 heteroatoms. The molecule has 0 aromatic heterocycles. The van der Waals surface area contributed by atoms with Crippen molar-refractivity contribution in [3.8, 4) is 11.1 Å². The molecular weight excluding hydrogens is 376 g/mol. The molecular formula is C29H34N2. The van der Waals surface area contributed by atoms with Crippen molar-refractivity contribution < 1.29 is 0 Å². The van der Waals surface area contributed by atoms with Crippen LogP contribution >= 0.6 is 0 Å². The number of anilines is 1. The Morgan fingerprint density at radius 1 is 0.839 bits per heavy atom. The maximum Gasteiger partial charge on any atom is 0.0478 e. The molecule has 0 saturated heterocycles. The predicted octanol–water partition coefficient (Wildman–Crippen LogP) is 7.86. The molecule has 0 atom stereocenters. The van der Waals surface area contributed by atoms with E-state index in [2.05, 4.69) is 113 Å². The second kappa shape index (κ2) is 9.78. The van der Waals surface area contributed by atoms with Gasteiger partial charge in [-0.25, -0.2) is 0 Å². The molecule has 0 bridgehead atoms. The average Bonchev–Trinajstić information content (AvgIpc) is 2.70. The van der Waals surface area contributed by atoms with Crippen LogP contribution in [0.15, 0.2) is 65.7 Å². The highest BCUT2D eigenvalue weighted by Gasteiger charge is 2.14. The summed E-state index contributed by atoms with van der Waals surface area (Å²) >= 11 is 0. The van der Waals surface area contributed by atoms with Crippen molar-refractivity contribution in [2.45, 2.75) is 47.5 Å². The van der Waals surface area contributed by atoms with Gasteiger partial charge in [-0.3, -0.25) is 4.99 Å². The van der Waals surface area contributed by atoms with E-state index >= 15 is 0 Å². The van der Waals surface area contributed by atoms with Crippen LogP contribution in [0, 0.1) is 27.7 Å². The van der Waals surface area contributed by atoms with Crippen LogP contribution in [0.3, 0.4) is 0 Å². The van der Waals surface area contributed by atoms with Gasteiger partial charge in [-0.2, -0.15) is 0 Å². The molecule has 0 saturated carbocycles. The minimum Gasteiger partial charge on any atom is -0.355 e. The number of hydrogen-bond acceptors (Lipinski definition) is 2. The summed E-state index contributed by atoms with van der Waals surface area (Å²) in [5.74, 6) is 0.443. The minimum absolute atomic E-state index is 0.443. The molecule has 160 valence electrons. The van der Waals surface area contributed by atoms with Crippen LogP contribution in [0.1, 0.15) is 53.1 Å². The zero-order chi connectivity index (χ0) is 22.5. The molecule has 0 spiro atoms. The molecule has 0 aliphatic heterocycles. The number of nitrogens with one attached hydrogen (secondary N) is 1. The summed E-state index contributed by atoms with van der Waals surface area (Å²) in [6, 6.07) is 19.9. The van der Waals surface area contributed by atoms with Crippen molar-refractivity contribution in [3.05, 3.63) is 94.1 Å². The third-order valence-corrected chi connectivity index (χ3v) is 5.60. The lowest BCUT2D eigenvalue weighted by Crippen LogP contribution is -2.06. The van der Waals surface area contributed by atoms with Gasteiger partial charge >= 0.3 is 0 Å². The first-order valence-electron chi connectivity index (χ1n) is 11.0. The van der Waals surface area contributed by atoms with Gasteiger partial charge in [-0.05, 0) is 73.6 Å². The number of para-hydroxylation sites is 1. The quantitative estimate of drug-likeness (QED) is 0.411. The summed E-state index contributed by atoms with van der Waals surface area (Å²) in [5, 5.41) is 3.71. The normalized spacial score (nSPS) is 12.1. The van der Waals surface area contributed by atoms with Crippen molar-refractivity contribution in [2.75, 3.05) is 12.4 Å². The molecule has 0 aliphatic rings. The smallest absolute Gasteiger partial charge is 0.0478 e. The highest BCUT2D eigenvalue weighted by atomic mass is 14.9. The van der Waals surface area contributed by atoms with Gasteiger partial charge in [0.15, 0.2) is 0 Å². The van der Waals surface area contributed by atoms with Crippen molar-refractivity contribution >= 4 is 17.6 Å². The van der Waals surface area contributed by atoms with E-state index in [1.807, 2.05) is 6.21 Å². The van der Waals surface area contributed by atoms with Crippen LogP contribution in [0.4, 0.5) is 5.69 Å². The Labute approximate surface area is 187 Å². The average molecular weight is 411 g/mol. The zero-order valence-corrected chi connectivity index (χ0v) is 19.9. The standard InChI is InChI=1S/C29H34N2/c1-19(2)26-10-8-9-11-27(26)31-28(12-13-30-7)29-22(5)17-25(18-23(29)6)24-15-20(3)14-21(4)16-24/h8-19,31H,1-7H3/b28-12-,30-13?. The van der Waals surface area contributed by atoms with Crippen LogP contribution in [0.25, 0.3) is 16.8 Å². The van der Waals surface area contributed by atoms with E-state index in [1.54, 1.807) is 7.05 Å². The fraction of sp³-hybridized carbons (Fsp3) is 0.276. The van der Waals surface area contributed by atoms with E-state index in [4.69, 9.17) is 0 Å². The van der Waals surface area contributed by atoms with Crippen LogP contribution in [-0.4, -0.2) is 13.3 Å². The highest BCUT2D eigenvalue weighted by Crippen LogP contribution is 2.33. The van der Waals surface area contributed by atoms with Gasteiger partial charge in [0, 0.05) is 30.2 Å². The largest absolute Gasteiger partial charge is 0.355 e. The maximum atomic E-state index is 4.20. The molecule has 3 rings (SSSR count). The second-order valence-electron chi connectivity index (χ2n) is 8.72. The fourth-order valence-electron chi connectivity index (χ4n) is 4.29. The van der Waals surface area contributed by atoms with Gasteiger partial charge in [0.05, 0.1) is 0 Å². The molecule has 3 aromatic rings. The Hall–Kier alpha value is -3.13. The number of allylic oxidation sites excluding steroid dienone is 1. The monoisotopic (exact) mass is 410 g/mol. The number of nitrogens with zero attached hydrogens (tertiary/aromatic N) is 1. The SMILES string of the molecule is CN=C/C=C(\Nc1ccccc1C(C)C)c1c(C)cc(-c2cc(C)cc(C)c2)cc1C. The predicted molar refractivity (Wildman–Crippen MR) is 137 cm³/mol. The minimum atomic E-state index is 0.443. The molecule has 0 aliphatic carbocycles. The molecule has 0 heterocycles. The molecule has 2 nitrogen and oxygen atoms in total. The molecule has 0 amide bonds. The van der Waals surface area contributed by atoms with E-state index in [1.165, 1.54) is 44.5 Å². The lowest BCUT2D eigenvalue weighted by molar-refractivity contribution is 0.869. The first-order valence-corrected chi connectivity index (χ1v) is 11.0. The number of aryl methyl sites for hydroxylation is 4. The Morgan fingerprint density at radius 3 is 2.00 bits per heavy atom. The highest BCUT2D eigenvalue weighted by molar-refractivity contribution is 5.92. The van der Waals surface area contributed by atoms with Crippen LogP contribution in [0.2, 0.25) is 0 Å². The number of hydrogen-bond donors (Lipinski definition) is 1. The van der Waals surface area contributed by atoms with Crippen molar-refractivity contribution in [1.82, 2.24) is 0 Å². The third kappa shape index (κ3) is 5.32. The van der Waals surface area contributed by atoms with Crippen molar-refractivity contribution in [1.29, 1.82) is 0 Å². The van der Waals surface area contributed by atoms with E-state index in [0.717, 1.165) is 11.4 Å². The summed E-state index contributed by atoms with van der Waals surface area (Å²) in [6.07, 6.45) is 3.93. The second-order valence-corrected chi connectivity index (χ2v) is 8.72. The first kappa shape index (κ1) is 22.6. The van der Waals surface area contributed by atoms with E-state index in [0.29, 0.717) is 5.92 Å². The summed E-state index contributed by atoms with van der Waals surface area (Å²) in [4.78, 5) is 4.20. The molecule has 0 radical (unpaired) electrons. The van der Waals surface area contributed by atoms with Crippen LogP contribution in [0.5, 0.6) is 0 Å². The van der Waals surface area contributed by atoms with Crippen LogP contribution in [-0.2, 0) is 0 Å². The molecule has 0 fully saturated rings. The lowest BCUT2D eigenvalue weighted by atomic mass is 9.92. The van der Waals surface area contributed by atoms with Crippen molar-refractivity contribution in [2.24, 2.45) is 4.99 Å². The topological polar surface area (TPSA) is 24.4 Å². The molecule has 31 heavy (non-hydrogen) atoms.